The van der Waals surface area contributed by atoms with Crippen molar-refractivity contribution in [2.24, 2.45) is 0 Å². The highest BCUT2D eigenvalue weighted by Crippen LogP contribution is 2.20. The van der Waals surface area contributed by atoms with Gasteiger partial charge in [-0.05, 0) is 37.1 Å². The smallest absolute Gasteiger partial charge is 0.326 e. The maximum atomic E-state index is 12.3. The van der Waals surface area contributed by atoms with Crippen LogP contribution in [0.3, 0.4) is 0 Å². The first kappa shape index (κ1) is 16.8. The third-order valence-corrected chi connectivity index (χ3v) is 4.15. The highest BCUT2D eigenvalue weighted by Gasteiger charge is 2.26. The SMILES string of the molecule is O=C(CCCCCl)Nc1ccc(S(=O)(=O)C(F)F)cc1. The van der Waals surface area contributed by atoms with Crippen LogP contribution in [0.2, 0.25) is 0 Å². The summed E-state index contributed by atoms with van der Waals surface area (Å²) in [6, 6.07) is 4.62. The highest BCUT2D eigenvalue weighted by atomic mass is 35.5. The molecule has 0 spiro atoms. The second kappa shape index (κ2) is 7.54. The zero-order chi connectivity index (χ0) is 15.2. The van der Waals surface area contributed by atoms with Crippen molar-refractivity contribution in [3.63, 3.8) is 0 Å². The van der Waals surface area contributed by atoms with Crippen molar-refractivity contribution < 1.29 is 22.0 Å². The molecule has 0 aliphatic carbocycles. The van der Waals surface area contributed by atoms with Crippen molar-refractivity contribution in [1.29, 1.82) is 0 Å². The van der Waals surface area contributed by atoms with Crippen molar-refractivity contribution in [3.05, 3.63) is 24.3 Å². The van der Waals surface area contributed by atoms with E-state index in [1.807, 2.05) is 0 Å². The number of halogens is 3. The molecule has 20 heavy (non-hydrogen) atoms. The first-order valence-electron chi connectivity index (χ1n) is 5.86. The van der Waals surface area contributed by atoms with E-state index in [0.29, 0.717) is 24.4 Å². The van der Waals surface area contributed by atoms with E-state index in [-0.39, 0.29) is 5.91 Å². The molecule has 0 aromatic heterocycles. The first-order chi connectivity index (χ1) is 9.37. The Morgan fingerprint density at radius 1 is 1.20 bits per heavy atom. The number of carbonyl (C=O) groups excluding carboxylic acids is 1. The molecule has 1 N–H and O–H groups in total. The van der Waals surface area contributed by atoms with E-state index in [4.69, 9.17) is 11.6 Å². The minimum Gasteiger partial charge on any atom is -0.326 e. The van der Waals surface area contributed by atoms with Gasteiger partial charge in [-0.1, -0.05) is 0 Å². The van der Waals surface area contributed by atoms with Crippen LogP contribution in [0, 0.1) is 0 Å². The molecule has 8 heteroatoms. The quantitative estimate of drug-likeness (QED) is 0.619. The number of benzene rings is 1. The Kier molecular flexibility index (Phi) is 6.35. The Morgan fingerprint density at radius 3 is 2.30 bits per heavy atom. The molecule has 1 rings (SSSR count). The van der Waals surface area contributed by atoms with Gasteiger partial charge in [0, 0.05) is 18.0 Å². The molecular weight excluding hydrogens is 312 g/mol. The van der Waals surface area contributed by atoms with Crippen LogP contribution in [-0.2, 0) is 14.6 Å². The third kappa shape index (κ3) is 4.72. The van der Waals surface area contributed by atoms with E-state index in [2.05, 4.69) is 5.32 Å². The number of carbonyl (C=O) groups is 1. The highest BCUT2D eigenvalue weighted by molar-refractivity contribution is 7.91. The average molecular weight is 326 g/mol. The predicted molar refractivity (Wildman–Crippen MR) is 72.8 cm³/mol. The van der Waals surface area contributed by atoms with Gasteiger partial charge in [0.25, 0.3) is 0 Å². The zero-order valence-corrected chi connectivity index (χ0v) is 12.1. The number of hydrogen-bond acceptors (Lipinski definition) is 3. The van der Waals surface area contributed by atoms with Crippen molar-refractivity contribution in [2.45, 2.75) is 29.9 Å². The lowest BCUT2D eigenvalue weighted by Crippen LogP contribution is -2.13. The number of nitrogens with one attached hydrogen (secondary N) is 1. The molecule has 0 aliphatic heterocycles. The Labute approximate surface area is 121 Å². The first-order valence-corrected chi connectivity index (χ1v) is 7.94. The van der Waals surface area contributed by atoms with Gasteiger partial charge in [0.05, 0.1) is 4.90 Å². The summed E-state index contributed by atoms with van der Waals surface area (Å²) in [7, 11) is -4.60. The van der Waals surface area contributed by atoms with E-state index >= 15 is 0 Å². The fourth-order valence-corrected chi connectivity index (χ4v) is 2.34. The van der Waals surface area contributed by atoms with Crippen LogP contribution in [0.25, 0.3) is 0 Å². The van der Waals surface area contributed by atoms with Crippen LogP contribution in [0.4, 0.5) is 14.5 Å². The number of alkyl halides is 3. The van der Waals surface area contributed by atoms with Crippen molar-refractivity contribution in [1.82, 2.24) is 0 Å². The summed E-state index contributed by atoms with van der Waals surface area (Å²) in [5.41, 5.74) is 0.356. The summed E-state index contributed by atoms with van der Waals surface area (Å²) in [5.74, 6) is -3.22. The van der Waals surface area contributed by atoms with Crippen LogP contribution < -0.4 is 5.32 Å². The third-order valence-electron chi connectivity index (χ3n) is 2.49. The average Bonchev–Trinajstić information content (AvgIpc) is 2.39. The van der Waals surface area contributed by atoms with Crippen LogP contribution in [0.1, 0.15) is 19.3 Å². The number of amides is 1. The van der Waals surface area contributed by atoms with E-state index in [9.17, 15) is 22.0 Å². The Bertz CT molecular complexity index is 546. The van der Waals surface area contributed by atoms with Gasteiger partial charge >= 0.3 is 5.76 Å². The molecule has 0 unspecified atom stereocenters. The molecular formula is C12H14ClF2NO3S. The summed E-state index contributed by atoms with van der Waals surface area (Å²) in [6.07, 6.45) is 1.66. The van der Waals surface area contributed by atoms with Crippen LogP contribution in [0.15, 0.2) is 29.2 Å². The molecule has 0 saturated carbocycles. The summed E-state index contributed by atoms with van der Waals surface area (Å²) >= 11 is 5.48. The number of unbranched alkanes of at least 4 members (excludes halogenated alkanes) is 1. The maximum Gasteiger partial charge on any atom is 0.341 e. The van der Waals surface area contributed by atoms with Gasteiger partial charge in [-0.15, -0.1) is 11.6 Å². The lowest BCUT2D eigenvalue weighted by atomic mass is 10.2. The predicted octanol–water partition coefficient (Wildman–Crippen LogP) is 3.03. The molecule has 0 aliphatic rings. The fourth-order valence-electron chi connectivity index (χ4n) is 1.43. The minimum absolute atomic E-state index is 0.236. The summed E-state index contributed by atoms with van der Waals surface area (Å²) in [6.45, 7) is 0. The molecule has 1 aromatic rings. The molecule has 0 saturated heterocycles. The molecule has 0 heterocycles. The Morgan fingerprint density at radius 2 is 1.80 bits per heavy atom. The summed E-state index contributed by atoms with van der Waals surface area (Å²) in [5, 5.41) is 2.54. The molecule has 1 aromatic carbocycles. The molecule has 0 radical (unpaired) electrons. The van der Waals surface area contributed by atoms with Crippen LogP contribution >= 0.6 is 11.6 Å². The zero-order valence-electron chi connectivity index (χ0n) is 10.5. The van der Waals surface area contributed by atoms with E-state index in [1.165, 1.54) is 12.1 Å². The van der Waals surface area contributed by atoms with Gasteiger partial charge in [-0.2, -0.15) is 8.78 Å². The summed E-state index contributed by atoms with van der Waals surface area (Å²) < 4.78 is 47.0. The summed E-state index contributed by atoms with van der Waals surface area (Å²) in [4.78, 5) is 11.0. The second-order valence-corrected chi connectivity index (χ2v) is 6.32. The lowest BCUT2D eigenvalue weighted by molar-refractivity contribution is -0.116. The largest absolute Gasteiger partial charge is 0.341 e. The van der Waals surface area contributed by atoms with Gasteiger partial charge < -0.3 is 5.32 Å². The number of sulfone groups is 1. The van der Waals surface area contributed by atoms with Gasteiger partial charge in [-0.25, -0.2) is 8.42 Å². The van der Waals surface area contributed by atoms with Crippen LogP contribution in [-0.4, -0.2) is 26.0 Å². The van der Waals surface area contributed by atoms with Gasteiger partial charge in [0.15, 0.2) is 0 Å². The molecule has 112 valence electrons. The van der Waals surface area contributed by atoms with Crippen molar-refractivity contribution in [2.75, 3.05) is 11.2 Å². The monoisotopic (exact) mass is 325 g/mol. The standard InChI is InChI=1S/C12H14ClF2NO3S/c13-8-2-1-3-11(17)16-9-4-6-10(7-5-9)20(18,19)12(14)15/h4-7,12H,1-3,8H2,(H,16,17). The molecule has 0 bridgehead atoms. The van der Waals surface area contributed by atoms with E-state index in [0.717, 1.165) is 18.6 Å². The number of hydrogen-bond donors (Lipinski definition) is 1. The number of anilines is 1. The van der Waals surface area contributed by atoms with E-state index < -0.39 is 20.5 Å². The Hall–Kier alpha value is -1.21. The topological polar surface area (TPSA) is 63.2 Å². The maximum absolute atomic E-state index is 12.3. The van der Waals surface area contributed by atoms with Gasteiger partial charge in [0.1, 0.15) is 0 Å². The molecule has 0 atom stereocenters. The van der Waals surface area contributed by atoms with Gasteiger partial charge in [0.2, 0.25) is 15.7 Å². The normalized spacial score (nSPS) is 11.6. The Balaban J connectivity index is 2.66. The van der Waals surface area contributed by atoms with Crippen LogP contribution in [0.5, 0.6) is 0 Å². The van der Waals surface area contributed by atoms with Gasteiger partial charge in [-0.3, -0.25) is 4.79 Å². The number of rotatable bonds is 7. The molecule has 1 amide bonds. The fraction of sp³-hybridized carbons (Fsp3) is 0.417. The molecule has 0 fully saturated rings. The van der Waals surface area contributed by atoms with E-state index in [1.54, 1.807) is 0 Å². The molecule has 4 nitrogen and oxygen atoms in total. The van der Waals surface area contributed by atoms with Crippen molar-refractivity contribution in [3.8, 4) is 0 Å². The lowest BCUT2D eigenvalue weighted by Gasteiger charge is -2.07. The minimum atomic E-state index is -4.60. The second-order valence-electron chi connectivity index (χ2n) is 4.02. The van der Waals surface area contributed by atoms with Crippen molar-refractivity contribution >= 4 is 33.0 Å².